The summed E-state index contributed by atoms with van der Waals surface area (Å²) in [6.07, 6.45) is 3.12. The summed E-state index contributed by atoms with van der Waals surface area (Å²) in [6.45, 7) is 1.92. The molecule has 2 aromatic carbocycles. The molecule has 2 nitrogen and oxygen atoms in total. The smallest absolute Gasteiger partial charge is 0.220 e. The third kappa shape index (κ3) is 3.79. The van der Waals surface area contributed by atoms with Crippen molar-refractivity contribution >= 4 is 5.91 Å². The van der Waals surface area contributed by atoms with E-state index in [1.165, 1.54) is 17.2 Å². The van der Waals surface area contributed by atoms with Crippen molar-refractivity contribution in [3.8, 4) is 0 Å². The van der Waals surface area contributed by atoms with Crippen molar-refractivity contribution in [2.45, 2.75) is 44.6 Å². The number of nitrogens with one attached hydrogen (secondary N) is 1. The van der Waals surface area contributed by atoms with E-state index in [4.69, 9.17) is 0 Å². The number of halogens is 1. The number of benzene rings is 2. The van der Waals surface area contributed by atoms with Crippen LogP contribution in [0.15, 0.2) is 48.5 Å². The Morgan fingerprint density at radius 1 is 1.22 bits per heavy atom. The molecule has 0 bridgehead atoms. The molecular weight excluding hydrogens is 289 g/mol. The first kappa shape index (κ1) is 15.7. The van der Waals surface area contributed by atoms with Gasteiger partial charge in [-0.25, -0.2) is 4.39 Å². The van der Waals surface area contributed by atoms with Gasteiger partial charge in [0.15, 0.2) is 0 Å². The number of amides is 1. The summed E-state index contributed by atoms with van der Waals surface area (Å²) < 4.78 is 13.7. The van der Waals surface area contributed by atoms with E-state index in [9.17, 15) is 9.18 Å². The maximum atomic E-state index is 13.7. The molecule has 0 radical (unpaired) electrons. The highest BCUT2D eigenvalue weighted by Crippen LogP contribution is 2.35. The van der Waals surface area contributed by atoms with Crippen LogP contribution in [0.3, 0.4) is 0 Å². The molecule has 3 rings (SSSR count). The second kappa shape index (κ2) is 6.95. The summed E-state index contributed by atoms with van der Waals surface area (Å²) in [5.41, 5.74) is 3.32. The number of carbonyl (C=O) groups is 1. The molecule has 2 aromatic rings. The van der Waals surface area contributed by atoms with Crippen LogP contribution in [-0.4, -0.2) is 11.9 Å². The third-order valence-electron chi connectivity index (χ3n) is 4.58. The van der Waals surface area contributed by atoms with Crippen LogP contribution in [0.25, 0.3) is 0 Å². The lowest BCUT2D eigenvalue weighted by atomic mass is 9.97. The molecule has 0 saturated carbocycles. The van der Waals surface area contributed by atoms with E-state index in [2.05, 4.69) is 23.5 Å². The zero-order chi connectivity index (χ0) is 16.2. The highest BCUT2D eigenvalue weighted by molar-refractivity contribution is 5.77. The normalized spacial score (nSPS) is 17.6. The molecular formula is C20H22FNO. The minimum atomic E-state index is -0.210. The van der Waals surface area contributed by atoms with Gasteiger partial charge in [-0.2, -0.15) is 0 Å². The number of hydrogen-bond donors (Lipinski definition) is 1. The predicted octanol–water partition coefficient (Wildman–Crippen LogP) is 3.99. The van der Waals surface area contributed by atoms with Crippen LogP contribution in [0.2, 0.25) is 0 Å². The number of fused-ring (bicyclic) bond motifs is 1. The lowest BCUT2D eigenvalue weighted by Gasteiger charge is -2.17. The van der Waals surface area contributed by atoms with Crippen LogP contribution in [-0.2, 0) is 17.6 Å². The highest BCUT2D eigenvalue weighted by atomic mass is 19.1. The molecule has 1 aliphatic rings. The lowest BCUT2D eigenvalue weighted by Crippen LogP contribution is -2.34. The highest BCUT2D eigenvalue weighted by Gasteiger charge is 2.24. The van der Waals surface area contributed by atoms with Crippen molar-refractivity contribution in [2.75, 3.05) is 0 Å². The first-order chi connectivity index (χ1) is 11.1. The van der Waals surface area contributed by atoms with Crippen LogP contribution < -0.4 is 5.32 Å². The first-order valence-corrected chi connectivity index (χ1v) is 8.24. The zero-order valence-corrected chi connectivity index (χ0v) is 13.4. The number of hydrogen-bond acceptors (Lipinski definition) is 1. The Bertz CT molecular complexity index is 698. The Labute approximate surface area is 136 Å². The molecule has 0 aromatic heterocycles. The van der Waals surface area contributed by atoms with E-state index < -0.39 is 0 Å². The molecule has 0 fully saturated rings. The topological polar surface area (TPSA) is 29.1 Å². The van der Waals surface area contributed by atoms with Crippen molar-refractivity contribution in [3.05, 3.63) is 71.0 Å². The van der Waals surface area contributed by atoms with Gasteiger partial charge in [-0.3, -0.25) is 4.79 Å². The Morgan fingerprint density at radius 2 is 1.96 bits per heavy atom. The largest absolute Gasteiger partial charge is 0.353 e. The van der Waals surface area contributed by atoms with Gasteiger partial charge in [0.05, 0.1) is 0 Å². The molecule has 1 aliphatic carbocycles. The van der Waals surface area contributed by atoms with E-state index in [1.807, 2.05) is 19.1 Å². The van der Waals surface area contributed by atoms with Crippen LogP contribution in [0.5, 0.6) is 0 Å². The molecule has 3 heteroatoms. The molecule has 0 saturated heterocycles. The molecule has 0 heterocycles. The van der Waals surface area contributed by atoms with Crippen molar-refractivity contribution in [1.29, 1.82) is 0 Å². The Kier molecular flexibility index (Phi) is 4.75. The maximum absolute atomic E-state index is 13.7. The van der Waals surface area contributed by atoms with Gasteiger partial charge < -0.3 is 5.32 Å². The SMILES string of the molecule is CC(Cc1ccccc1F)NC(=O)CC1CCc2ccccc21. The summed E-state index contributed by atoms with van der Waals surface area (Å²) in [4.78, 5) is 12.3. The minimum Gasteiger partial charge on any atom is -0.353 e. The van der Waals surface area contributed by atoms with Gasteiger partial charge >= 0.3 is 0 Å². The molecule has 120 valence electrons. The maximum Gasteiger partial charge on any atom is 0.220 e. The average molecular weight is 311 g/mol. The van der Waals surface area contributed by atoms with E-state index >= 15 is 0 Å². The standard InChI is InChI=1S/C20H22FNO/c1-14(12-17-7-3-5-9-19(17)21)22-20(23)13-16-11-10-15-6-2-4-8-18(15)16/h2-9,14,16H,10-13H2,1H3,(H,22,23). The number of aryl methyl sites for hydroxylation is 1. The van der Waals surface area contributed by atoms with Crippen molar-refractivity contribution in [1.82, 2.24) is 5.32 Å². The summed E-state index contributed by atoms with van der Waals surface area (Å²) in [6, 6.07) is 15.0. The van der Waals surface area contributed by atoms with E-state index in [-0.39, 0.29) is 17.8 Å². The fourth-order valence-corrected chi connectivity index (χ4v) is 3.46. The summed E-state index contributed by atoms with van der Waals surface area (Å²) >= 11 is 0. The van der Waals surface area contributed by atoms with Crippen LogP contribution >= 0.6 is 0 Å². The van der Waals surface area contributed by atoms with Gasteiger partial charge in [-0.1, -0.05) is 42.5 Å². The molecule has 23 heavy (non-hydrogen) atoms. The van der Waals surface area contributed by atoms with Gasteiger partial charge in [-0.05, 0) is 54.9 Å². The van der Waals surface area contributed by atoms with Gasteiger partial charge in [0.25, 0.3) is 0 Å². The Balaban J connectivity index is 1.55. The van der Waals surface area contributed by atoms with Gasteiger partial charge in [-0.15, -0.1) is 0 Å². The quantitative estimate of drug-likeness (QED) is 0.888. The van der Waals surface area contributed by atoms with Crippen LogP contribution in [0.1, 0.15) is 42.4 Å². The Morgan fingerprint density at radius 3 is 2.78 bits per heavy atom. The predicted molar refractivity (Wildman–Crippen MR) is 89.8 cm³/mol. The van der Waals surface area contributed by atoms with Gasteiger partial charge in [0.2, 0.25) is 5.91 Å². The molecule has 0 spiro atoms. The van der Waals surface area contributed by atoms with Crippen LogP contribution in [0, 0.1) is 5.82 Å². The fraction of sp³-hybridized carbons (Fsp3) is 0.350. The van der Waals surface area contributed by atoms with Crippen molar-refractivity contribution < 1.29 is 9.18 Å². The van der Waals surface area contributed by atoms with Crippen LogP contribution in [0.4, 0.5) is 4.39 Å². The van der Waals surface area contributed by atoms with E-state index in [0.29, 0.717) is 24.3 Å². The number of carbonyl (C=O) groups excluding carboxylic acids is 1. The molecule has 0 aliphatic heterocycles. The summed E-state index contributed by atoms with van der Waals surface area (Å²) in [5, 5.41) is 3.01. The zero-order valence-electron chi connectivity index (χ0n) is 13.4. The summed E-state index contributed by atoms with van der Waals surface area (Å²) in [5.74, 6) is 0.153. The third-order valence-corrected chi connectivity index (χ3v) is 4.58. The summed E-state index contributed by atoms with van der Waals surface area (Å²) in [7, 11) is 0. The lowest BCUT2D eigenvalue weighted by molar-refractivity contribution is -0.122. The van der Waals surface area contributed by atoms with Crippen molar-refractivity contribution in [2.24, 2.45) is 0 Å². The van der Waals surface area contributed by atoms with E-state index in [1.54, 1.807) is 12.1 Å². The molecule has 1 N–H and O–H groups in total. The fourth-order valence-electron chi connectivity index (χ4n) is 3.46. The second-order valence-corrected chi connectivity index (χ2v) is 6.40. The molecule has 2 unspecified atom stereocenters. The van der Waals surface area contributed by atoms with E-state index in [0.717, 1.165) is 12.8 Å². The second-order valence-electron chi connectivity index (χ2n) is 6.40. The van der Waals surface area contributed by atoms with Gasteiger partial charge in [0.1, 0.15) is 5.82 Å². The molecule has 1 amide bonds. The average Bonchev–Trinajstić information content (AvgIpc) is 2.93. The van der Waals surface area contributed by atoms with Gasteiger partial charge in [0, 0.05) is 12.5 Å². The monoisotopic (exact) mass is 311 g/mol. The minimum absolute atomic E-state index is 0.0514. The molecule has 2 atom stereocenters. The Hall–Kier alpha value is -2.16. The number of rotatable bonds is 5. The van der Waals surface area contributed by atoms with Crippen molar-refractivity contribution in [3.63, 3.8) is 0 Å². The first-order valence-electron chi connectivity index (χ1n) is 8.24.